The number of anilines is 1. The summed E-state index contributed by atoms with van der Waals surface area (Å²) in [5.74, 6) is -1.30. The van der Waals surface area contributed by atoms with Gasteiger partial charge in [-0.3, -0.25) is 9.59 Å². The summed E-state index contributed by atoms with van der Waals surface area (Å²) in [6.45, 7) is 4.54. The molecular formula is C31H35F2N3O4. The zero-order chi connectivity index (χ0) is 28.6. The van der Waals surface area contributed by atoms with Crippen LogP contribution in [0.5, 0.6) is 5.75 Å². The maximum absolute atomic E-state index is 13.5. The molecule has 2 amide bonds. The van der Waals surface area contributed by atoms with Gasteiger partial charge in [-0.05, 0) is 62.1 Å². The Hall–Kier alpha value is -3.82. The Morgan fingerprint density at radius 3 is 2.40 bits per heavy atom. The van der Waals surface area contributed by atoms with Crippen molar-refractivity contribution in [2.75, 3.05) is 18.0 Å². The van der Waals surface area contributed by atoms with Crippen LogP contribution in [0.2, 0.25) is 0 Å². The number of aliphatic hydroxyl groups is 1. The van der Waals surface area contributed by atoms with Gasteiger partial charge in [-0.15, -0.1) is 0 Å². The van der Waals surface area contributed by atoms with Crippen LogP contribution in [0.4, 0.5) is 14.5 Å². The van der Waals surface area contributed by atoms with Gasteiger partial charge >= 0.3 is 0 Å². The van der Waals surface area contributed by atoms with Crippen LogP contribution in [0.15, 0.2) is 66.7 Å². The van der Waals surface area contributed by atoms with Crippen molar-refractivity contribution >= 4 is 17.5 Å². The lowest BCUT2D eigenvalue weighted by molar-refractivity contribution is -0.117. The molecule has 4 rings (SSSR count). The normalized spacial score (nSPS) is 14.8. The van der Waals surface area contributed by atoms with Crippen molar-refractivity contribution in [3.8, 4) is 5.75 Å². The zero-order valence-corrected chi connectivity index (χ0v) is 22.7. The molecule has 0 aliphatic carbocycles. The molecule has 0 saturated carbocycles. The Morgan fingerprint density at radius 1 is 1.02 bits per heavy atom. The monoisotopic (exact) mass is 551 g/mol. The van der Waals surface area contributed by atoms with Crippen molar-refractivity contribution in [2.24, 2.45) is 0 Å². The first-order valence-electron chi connectivity index (χ1n) is 13.5. The Balaban J connectivity index is 1.52. The maximum Gasteiger partial charge on any atom is 0.251 e. The van der Waals surface area contributed by atoms with Gasteiger partial charge in [0.15, 0.2) is 0 Å². The molecule has 0 spiro atoms. The highest BCUT2D eigenvalue weighted by Gasteiger charge is 2.26. The summed E-state index contributed by atoms with van der Waals surface area (Å²) in [5, 5.41) is 17.1. The average Bonchev–Trinajstić information content (AvgIpc) is 3.33. The minimum absolute atomic E-state index is 0.00492. The third kappa shape index (κ3) is 8.09. The molecule has 0 aromatic heterocycles. The number of hydrogen-bond acceptors (Lipinski definition) is 5. The number of amides is 2. The van der Waals surface area contributed by atoms with Gasteiger partial charge in [0, 0.05) is 49.4 Å². The van der Waals surface area contributed by atoms with Gasteiger partial charge in [0.2, 0.25) is 5.91 Å². The van der Waals surface area contributed by atoms with Crippen molar-refractivity contribution < 1.29 is 28.2 Å². The molecule has 1 aliphatic rings. The highest BCUT2D eigenvalue weighted by molar-refractivity contribution is 5.99. The molecule has 1 saturated heterocycles. The van der Waals surface area contributed by atoms with E-state index >= 15 is 0 Å². The lowest BCUT2D eigenvalue weighted by Crippen LogP contribution is -2.48. The molecule has 7 nitrogen and oxygen atoms in total. The Bertz CT molecular complexity index is 1300. The lowest BCUT2D eigenvalue weighted by atomic mass is 10.00. The number of nitrogens with one attached hydrogen (secondary N) is 2. The molecule has 0 radical (unpaired) electrons. The van der Waals surface area contributed by atoms with Crippen LogP contribution in [0.1, 0.15) is 48.2 Å². The standard InChI is InChI=1S/C31H35F2N3O4/c1-20(2)40-27-15-23(14-26(17-27)36-10-6-9-30(36)38)31(39)35-28(13-21-7-4-3-5-8-21)29(37)19-34-18-22-11-24(32)16-25(33)12-22/h3-5,7-8,11-12,14-17,20,28-29,34,37H,6,9-10,13,18-19H2,1-2H3,(H,35,39). The van der Waals surface area contributed by atoms with E-state index < -0.39 is 29.7 Å². The third-order valence-corrected chi connectivity index (χ3v) is 6.59. The second kappa shape index (κ2) is 13.5. The number of halogens is 2. The van der Waals surface area contributed by atoms with Crippen molar-refractivity contribution in [1.82, 2.24) is 10.6 Å². The van der Waals surface area contributed by atoms with Crippen molar-refractivity contribution in [3.05, 3.63) is 95.1 Å². The van der Waals surface area contributed by atoms with E-state index in [2.05, 4.69) is 10.6 Å². The molecule has 1 fully saturated rings. The van der Waals surface area contributed by atoms with E-state index in [0.717, 1.165) is 18.1 Å². The van der Waals surface area contributed by atoms with E-state index in [1.54, 1.807) is 23.1 Å². The first-order valence-corrected chi connectivity index (χ1v) is 13.5. The zero-order valence-electron chi connectivity index (χ0n) is 22.7. The van der Waals surface area contributed by atoms with Crippen molar-refractivity contribution in [3.63, 3.8) is 0 Å². The summed E-state index contributed by atoms with van der Waals surface area (Å²) in [7, 11) is 0. The SMILES string of the molecule is CC(C)Oc1cc(C(=O)NC(Cc2ccccc2)C(O)CNCc2cc(F)cc(F)c2)cc(N2CCCC2=O)c1. The summed E-state index contributed by atoms with van der Waals surface area (Å²) in [5.41, 5.74) is 2.22. The van der Waals surface area contributed by atoms with E-state index in [-0.39, 0.29) is 25.1 Å². The van der Waals surface area contributed by atoms with E-state index in [4.69, 9.17) is 4.74 Å². The summed E-state index contributed by atoms with van der Waals surface area (Å²) in [6.07, 6.45) is 0.403. The molecule has 40 heavy (non-hydrogen) atoms. The summed E-state index contributed by atoms with van der Waals surface area (Å²) in [6, 6.07) is 17.1. The first kappa shape index (κ1) is 29.2. The van der Waals surface area contributed by atoms with Gasteiger partial charge in [-0.2, -0.15) is 0 Å². The third-order valence-electron chi connectivity index (χ3n) is 6.59. The van der Waals surface area contributed by atoms with Crippen molar-refractivity contribution in [1.29, 1.82) is 0 Å². The molecular weight excluding hydrogens is 516 g/mol. The van der Waals surface area contributed by atoms with Crippen LogP contribution in [-0.2, 0) is 17.8 Å². The van der Waals surface area contributed by atoms with Crippen LogP contribution >= 0.6 is 0 Å². The molecule has 2 unspecified atom stereocenters. The van der Waals surface area contributed by atoms with E-state index in [1.165, 1.54) is 12.1 Å². The number of rotatable bonds is 12. The quantitative estimate of drug-likeness (QED) is 0.311. The second-order valence-corrected chi connectivity index (χ2v) is 10.3. The molecule has 3 aromatic carbocycles. The van der Waals surface area contributed by atoms with Crippen LogP contribution in [-0.4, -0.2) is 48.3 Å². The second-order valence-electron chi connectivity index (χ2n) is 10.3. The van der Waals surface area contributed by atoms with Crippen LogP contribution in [0.25, 0.3) is 0 Å². The van der Waals surface area contributed by atoms with Gasteiger partial charge in [-0.25, -0.2) is 8.78 Å². The Morgan fingerprint density at radius 2 is 1.75 bits per heavy atom. The lowest BCUT2D eigenvalue weighted by Gasteiger charge is -2.26. The number of carbonyl (C=O) groups is 2. The molecule has 1 aliphatic heterocycles. The minimum Gasteiger partial charge on any atom is -0.491 e. The van der Waals surface area contributed by atoms with Crippen LogP contribution in [0.3, 0.4) is 0 Å². The first-order chi connectivity index (χ1) is 19.2. The number of ether oxygens (including phenoxy) is 1. The van der Waals surface area contributed by atoms with Crippen molar-refractivity contribution in [2.45, 2.75) is 57.9 Å². The topological polar surface area (TPSA) is 90.9 Å². The van der Waals surface area contributed by atoms with Gasteiger partial charge in [0.1, 0.15) is 17.4 Å². The molecule has 3 N–H and O–H groups in total. The fourth-order valence-electron chi connectivity index (χ4n) is 4.75. The smallest absolute Gasteiger partial charge is 0.251 e. The summed E-state index contributed by atoms with van der Waals surface area (Å²) in [4.78, 5) is 27.6. The van der Waals surface area contributed by atoms with Gasteiger partial charge in [0.25, 0.3) is 5.91 Å². The largest absolute Gasteiger partial charge is 0.491 e. The fourth-order valence-corrected chi connectivity index (χ4v) is 4.75. The predicted octanol–water partition coefficient (Wildman–Crippen LogP) is 4.37. The number of aliphatic hydroxyl groups excluding tert-OH is 1. The molecule has 0 bridgehead atoms. The highest BCUT2D eigenvalue weighted by Crippen LogP contribution is 2.28. The van der Waals surface area contributed by atoms with Crippen LogP contribution in [0, 0.1) is 11.6 Å². The van der Waals surface area contributed by atoms with Gasteiger partial charge in [0.05, 0.1) is 18.2 Å². The van der Waals surface area contributed by atoms with E-state index in [1.807, 2.05) is 44.2 Å². The van der Waals surface area contributed by atoms with Gasteiger partial charge in [-0.1, -0.05) is 30.3 Å². The minimum atomic E-state index is -1.02. The maximum atomic E-state index is 13.5. The molecule has 212 valence electrons. The van der Waals surface area contributed by atoms with E-state index in [0.29, 0.717) is 42.0 Å². The molecule has 2 atom stereocenters. The highest BCUT2D eigenvalue weighted by atomic mass is 19.1. The van der Waals surface area contributed by atoms with Gasteiger partial charge < -0.3 is 25.4 Å². The number of hydrogen-bond donors (Lipinski definition) is 3. The summed E-state index contributed by atoms with van der Waals surface area (Å²) >= 11 is 0. The molecule has 1 heterocycles. The Labute approximate surface area is 233 Å². The number of nitrogens with zero attached hydrogens (tertiary/aromatic N) is 1. The summed E-state index contributed by atoms with van der Waals surface area (Å²) < 4.78 is 33.0. The Kier molecular flexibility index (Phi) is 9.84. The number of carbonyl (C=O) groups excluding carboxylic acids is 2. The molecule has 3 aromatic rings. The number of benzene rings is 3. The average molecular weight is 552 g/mol. The predicted molar refractivity (Wildman–Crippen MR) is 149 cm³/mol. The molecule has 9 heteroatoms. The van der Waals surface area contributed by atoms with Crippen LogP contribution < -0.4 is 20.3 Å². The fraction of sp³-hybridized carbons (Fsp3) is 0.355. The van der Waals surface area contributed by atoms with E-state index in [9.17, 15) is 23.5 Å².